The highest BCUT2D eigenvalue weighted by atomic mass is 32.1. The summed E-state index contributed by atoms with van der Waals surface area (Å²) in [6, 6.07) is 12.9. The van der Waals surface area contributed by atoms with Crippen molar-refractivity contribution in [3.8, 4) is 0 Å². The van der Waals surface area contributed by atoms with Gasteiger partial charge in [-0.25, -0.2) is 14.4 Å². The molecule has 6 heteroatoms. The van der Waals surface area contributed by atoms with Crippen molar-refractivity contribution < 1.29 is 4.39 Å². The topological polar surface area (TPSA) is 49.8 Å². The fraction of sp³-hybridized carbons (Fsp3) is 0.238. The summed E-state index contributed by atoms with van der Waals surface area (Å²) < 4.78 is 15.5. The predicted octanol–water partition coefficient (Wildman–Crippen LogP) is 6.19. The molecule has 0 bridgehead atoms. The maximum atomic E-state index is 14.4. The number of halogens is 1. The van der Waals surface area contributed by atoms with E-state index in [-0.39, 0.29) is 11.2 Å². The Hall–Kier alpha value is -2.73. The van der Waals surface area contributed by atoms with E-state index in [4.69, 9.17) is 0 Å². The molecule has 2 N–H and O–H groups in total. The molecule has 0 amide bonds. The molecule has 2 heterocycles. The molecule has 138 valence electrons. The Morgan fingerprint density at radius 3 is 2.78 bits per heavy atom. The Kier molecular flexibility index (Phi) is 4.44. The highest BCUT2D eigenvalue weighted by molar-refractivity contribution is 7.16. The van der Waals surface area contributed by atoms with Crippen molar-refractivity contribution >= 4 is 49.6 Å². The zero-order chi connectivity index (χ0) is 19.0. The van der Waals surface area contributed by atoms with Crippen LogP contribution >= 0.6 is 11.3 Å². The summed E-state index contributed by atoms with van der Waals surface area (Å²) in [5.74, 6) is 0.278. The molecular formula is C21H21FN4S. The largest absolute Gasteiger partial charge is 0.384 e. The van der Waals surface area contributed by atoms with Gasteiger partial charge in [-0.15, -0.1) is 11.3 Å². The van der Waals surface area contributed by atoms with Crippen molar-refractivity contribution in [1.82, 2.24) is 9.97 Å². The Morgan fingerprint density at radius 1 is 1.11 bits per heavy atom. The average molecular weight is 380 g/mol. The monoisotopic (exact) mass is 380 g/mol. The summed E-state index contributed by atoms with van der Waals surface area (Å²) in [6.45, 7) is 7.25. The second-order valence-corrected chi connectivity index (χ2v) is 8.65. The van der Waals surface area contributed by atoms with Crippen LogP contribution in [-0.4, -0.2) is 16.5 Å². The van der Waals surface area contributed by atoms with Crippen LogP contribution in [0.15, 0.2) is 48.0 Å². The number of hydrogen-bond donors (Lipinski definition) is 2. The van der Waals surface area contributed by atoms with E-state index < -0.39 is 0 Å². The van der Waals surface area contributed by atoms with Crippen molar-refractivity contribution in [2.75, 3.05) is 17.2 Å². The number of rotatable bonds is 4. The van der Waals surface area contributed by atoms with Crippen molar-refractivity contribution in [2.45, 2.75) is 20.8 Å². The number of benzene rings is 2. The number of aromatic nitrogens is 2. The Morgan fingerprint density at radius 2 is 1.96 bits per heavy atom. The average Bonchev–Trinajstić information content (AvgIpc) is 3.08. The predicted molar refractivity (Wildman–Crippen MR) is 113 cm³/mol. The van der Waals surface area contributed by atoms with Crippen LogP contribution in [0.4, 0.5) is 21.6 Å². The quantitative estimate of drug-likeness (QED) is 0.443. The lowest BCUT2D eigenvalue weighted by Crippen LogP contribution is -2.19. The van der Waals surface area contributed by atoms with E-state index in [9.17, 15) is 4.39 Å². The van der Waals surface area contributed by atoms with E-state index >= 15 is 0 Å². The van der Waals surface area contributed by atoms with Gasteiger partial charge in [-0.05, 0) is 29.7 Å². The van der Waals surface area contributed by atoms with Gasteiger partial charge in [0.05, 0.1) is 15.7 Å². The fourth-order valence-corrected chi connectivity index (χ4v) is 3.58. The van der Waals surface area contributed by atoms with Gasteiger partial charge in [0, 0.05) is 29.4 Å². The summed E-state index contributed by atoms with van der Waals surface area (Å²) in [5.41, 5.74) is 5.03. The molecule has 0 aliphatic rings. The summed E-state index contributed by atoms with van der Waals surface area (Å²) in [7, 11) is 0. The first-order chi connectivity index (χ1) is 12.9. The number of pyridine rings is 1. The zero-order valence-corrected chi connectivity index (χ0v) is 16.3. The highest BCUT2D eigenvalue weighted by Gasteiger charge is 2.14. The summed E-state index contributed by atoms with van der Waals surface area (Å²) >= 11 is 1.59. The van der Waals surface area contributed by atoms with Crippen molar-refractivity contribution in [2.24, 2.45) is 5.41 Å². The van der Waals surface area contributed by atoms with Gasteiger partial charge in [-0.1, -0.05) is 32.9 Å². The van der Waals surface area contributed by atoms with E-state index in [2.05, 4.69) is 41.4 Å². The second-order valence-electron chi connectivity index (χ2n) is 7.77. The molecule has 0 unspecified atom stereocenters. The first-order valence-corrected chi connectivity index (χ1v) is 9.70. The van der Waals surface area contributed by atoms with Crippen LogP contribution in [-0.2, 0) is 0 Å². The maximum absolute atomic E-state index is 14.4. The van der Waals surface area contributed by atoms with Crippen LogP contribution in [0.3, 0.4) is 0 Å². The normalized spacial score (nSPS) is 11.9. The molecule has 0 atom stereocenters. The third-order valence-corrected chi connectivity index (χ3v) is 4.99. The van der Waals surface area contributed by atoms with E-state index in [1.807, 2.05) is 35.8 Å². The number of para-hydroxylation sites is 1. The van der Waals surface area contributed by atoms with E-state index in [1.165, 1.54) is 6.07 Å². The minimum Gasteiger partial charge on any atom is -0.384 e. The van der Waals surface area contributed by atoms with Gasteiger partial charge in [0.2, 0.25) is 0 Å². The highest BCUT2D eigenvalue weighted by Crippen LogP contribution is 2.30. The lowest BCUT2D eigenvalue weighted by atomic mass is 9.97. The minimum absolute atomic E-state index is 0.105. The van der Waals surface area contributed by atoms with Crippen LogP contribution in [0.1, 0.15) is 20.8 Å². The van der Waals surface area contributed by atoms with Crippen LogP contribution in [0.25, 0.3) is 21.1 Å². The summed E-state index contributed by atoms with van der Waals surface area (Å²) in [6.07, 6.45) is 0. The third-order valence-electron chi connectivity index (χ3n) is 4.20. The molecule has 0 aliphatic carbocycles. The van der Waals surface area contributed by atoms with E-state index in [0.717, 1.165) is 33.5 Å². The molecule has 0 saturated carbocycles. The van der Waals surface area contributed by atoms with E-state index in [0.29, 0.717) is 11.3 Å². The molecule has 2 aromatic carbocycles. The van der Waals surface area contributed by atoms with Crippen molar-refractivity contribution in [3.05, 3.63) is 53.8 Å². The van der Waals surface area contributed by atoms with Crippen LogP contribution in [0.5, 0.6) is 0 Å². The van der Waals surface area contributed by atoms with Gasteiger partial charge in [0.15, 0.2) is 0 Å². The first-order valence-electron chi connectivity index (χ1n) is 8.82. The number of nitrogens with zero attached hydrogens (tertiary/aromatic N) is 2. The van der Waals surface area contributed by atoms with Crippen LogP contribution < -0.4 is 10.6 Å². The number of thiazole rings is 1. The molecule has 4 aromatic rings. The maximum Gasteiger partial charge on any atom is 0.149 e. The second kappa shape index (κ2) is 6.78. The van der Waals surface area contributed by atoms with Crippen LogP contribution in [0.2, 0.25) is 0 Å². The van der Waals surface area contributed by atoms with Crippen LogP contribution in [0, 0.1) is 11.2 Å². The van der Waals surface area contributed by atoms with Gasteiger partial charge in [-0.2, -0.15) is 0 Å². The molecule has 0 radical (unpaired) electrons. The number of nitrogens with one attached hydrogen (secondary N) is 2. The molecule has 2 aromatic heterocycles. The lowest BCUT2D eigenvalue weighted by Gasteiger charge is -2.21. The molecule has 27 heavy (non-hydrogen) atoms. The molecule has 0 aliphatic heterocycles. The van der Waals surface area contributed by atoms with Gasteiger partial charge in [0.1, 0.15) is 17.2 Å². The first kappa shape index (κ1) is 17.7. The lowest BCUT2D eigenvalue weighted by molar-refractivity contribution is 0.443. The molecular weight excluding hydrogens is 359 g/mol. The molecule has 4 nitrogen and oxygen atoms in total. The Bertz CT molecular complexity index is 1110. The Labute approximate surface area is 161 Å². The van der Waals surface area contributed by atoms with Gasteiger partial charge < -0.3 is 10.6 Å². The minimum atomic E-state index is -0.326. The third kappa shape index (κ3) is 3.85. The number of fused-ring (bicyclic) bond motifs is 2. The SMILES string of the molecule is CC(C)(C)CNc1cc(Nc2ccc3ncsc3c2)nc2c(F)cccc12. The van der Waals surface area contributed by atoms with E-state index in [1.54, 1.807) is 17.4 Å². The smallest absolute Gasteiger partial charge is 0.149 e. The fourth-order valence-electron chi connectivity index (χ4n) is 2.86. The molecule has 0 fully saturated rings. The van der Waals surface area contributed by atoms with Crippen molar-refractivity contribution in [3.63, 3.8) is 0 Å². The molecule has 0 spiro atoms. The standard InChI is InChI=1S/C21H21FN4S/c1-21(2,3)11-23-17-10-19(26-20-14(17)5-4-6-15(20)22)25-13-7-8-16-18(9-13)27-12-24-16/h4-10,12H,11H2,1-3H3,(H2,23,25,26). The zero-order valence-electron chi connectivity index (χ0n) is 15.5. The molecule has 4 rings (SSSR count). The van der Waals surface area contributed by atoms with Crippen molar-refractivity contribution in [1.29, 1.82) is 0 Å². The number of hydrogen-bond acceptors (Lipinski definition) is 5. The number of anilines is 3. The molecule has 0 saturated heterocycles. The van der Waals surface area contributed by atoms with Gasteiger partial charge in [-0.3, -0.25) is 0 Å². The summed E-state index contributed by atoms with van der Waals surface area (Å²) in [4.78, 5) is 8.80. The van der Waals surface area contributed by atoms with Gasteiger partial charge in [0.25, 0.3) is 0 Å². The van der Waals surface area contributed by atoms with Gasteiger partial charge >= 0.3 is 0 Å². The summed E-state index contributed by atoms with van der Waals surface area (Å²) in [5, 5.41) is 7.54. The Balaban J connectivity index is 1.74.